The molecule has 0 saturated carbocycles. The van der Waals surface area contributed by atoms with Crippen LogP contribution in [0, 0.1) is 5.92 Å². The van der Waals surface area contributed by atoms with Gasteiger partial charge in [0.2, 0.25) is 5.79 Å². The first-order valence-corrected chi connectivity index (χ1v) is 10.7. The molecule has 1 N–H and O–H groups in total. The molecule has 0 radical (unpaired) electrons. The van der Waals surface area contributed by atoms with Crippen molar-refractivity contribution in [3.05, 3.63) is 48.3 Å². The van der Waals surface area contributed by atoms with Crippen LogP contribution >= 0.6 is 0 Å². The predicted molar refractivity (Wildman–Crippen MR) is 106 cm³/mol. The molecule has 1 saturated heterocycles. The summed E-state index contributed by atoms with van der Waals surface area (Å²) in [6, 6.07) is 10.9. The van der Waals surface area contributed by atoms with Gasteiger partial charge in [-0.2, -0.15) is 0 Å². The zero-order valence-electron chi connectivity index (χ0n) is 16.1. The van der Waals surface area contributed by atoms with E-state index in [4.69, 9.17) is 14.2 Å². The van der Waals surface area contributed by atoms with Crippen LogP contribution in [0.15, 0.2) is 47.8 Å². The highest BCUT2D eigenvalue weighted by Crippen LogP contribution is 2.24. The number of para-hydroxylation sites is 2. The summed E-state index contributed by atoms with van der Waals surface area (Å²) in [4.78, 5) is 11.7. The molecule has 0 spiro atoms. The topological polar surface area (TPSA) is 86.3 Å². The molecule has 1 aromatic carbocycles. The lowest BCUT2D eigenvalue weighted by molar-refractivity contribution is -0.295. The Morgan fingerprint density at radius 1 is 1.20 bits per heavy atom. The zero-order chi connectivity index (χ0) is 21.0. The molecular formula is C20H21F2N3O4S. The zero-order valence-corrected chi connectivity index (χ0v) is 16.9. The van der Waals surface area contributed by atoms with Crippen LogP contribution in [0.3, 0.4) is 0 Å². The first-order valence-electron chi connectivity index (χ1n) is 9.41. The summed E-state index contributed by atoms with van der Waals surface area (Å²) < 4.78 is 54.6. The summed E-state index contributed by atoms with van der Waals surface area (Å²) in [6.45, 7) is -1.53. The second-order valence-electron chi connectivity index (χ2n) is 7.01. The molecule has 1 unspecified atom stereocenters. The third kappa shape index (κ3) is 4.66. The van der Waals surface area contributed by atoms with Gasteiger partial charge in [0.15, 0.2) is 5.16 Å². The Kier molecular flexibility index (Phi) is 6.35. The number of H-pyrrole nitrogens is 1. The number of aromatic nitrogens is 3. The Hall–Kier alpha value is -2.43. The van der Waals surface area contributed by atoms with E-state index in [1.54, 1.807) is 18.3 Å². The van der Waals surface area contributed by atoms with E-state index >= 15 is 0 Å². The minimum atomic E-state index is -1.78. The highest BCUT2D eigenvalue weighted by molar-refractivity contribution is 7.84. The Balaban J connectivity index is 1.33. The fourth-order valence-corrected chi connectivity index (χ4v) is 3.98. The van der Waals surface area contributed by atoms with Crippen molar-refractivity contribution in [1.82, 2.24) is 15.0 Å². The number of nitrogens with one attached hydrogen (secondary N) is 1. The lowest BCUT2D eigenvalue weighted by Gasteiger charge is -2.36. The number of halogens is 2. The van der Waals surface area contributed by atoms with Crippen molar-refractivity contribution in [3.63, 3.8) is 0 Å². The number of imidazole rings is 1. The maximum Gasteiger partial charge on any atom is 0.226 e. The van der Waals surface area contributed by atoms with Gasteiger partial charge in [0.1, 0.15) is 19.1 Å². The first-order chi connectivity index (χ1) is 14.6. The smallest absolute Gasteiger partial charge is 0.226 e. The van der Waals surface area contributed by atoms with Gasteiger partial charge >= 0.3 is 0 Å². The second-order valence-corrected chi connectivity index (χ2v) is 8.38. The maximum atomic E-state index is 12.9. The van der Waals surface area contributed by atoms with E-state index < -0.39 is 29.9 Å². The van der Waals surface area contributed by atoms with Crippen molar-refractivity contribution in [2.24, 2.45) is 5.92 Å². The number of benzene rings is 1. The molecule has 0 bridgehead atoms. The van der Waals surface area contributed by atoms with Gasteiger partial charge in [0.25, 0.3) is 0 Å². The van der Waals surface area contributed by atoms with Gasteiger partial charge < -0.3 is 19.2 Å². The molecule has 0 amide bonds. The minimum Gasteiger partial charge on any atom is -0.493 e. The normalized spacial score (nSPS) is 17.8. The Bertz CT molecular complexity index is 985. The maximum absolute atomic E-state index is 12.9. The predicted octanol–water partition coefficient (Wildman–Crippen LogP) is 2.94. The fourth-order valence-electron chi connectivity index (χ4n) is 2.99. The van der Waals surface area contributed by atoms with Crippen LogP contribution in [-0.2, 0) is 26.0 Å². The number of pyridine rings is 1. The molecule has 1 aliphatic heterocycles. The number of alkyl halides is 2. The van der Waals surface area contributed by atoms with Crippen LogP contribution in [0.25, 0.3) is 11.0 Å². The molecule has 160 valence electrons. The third-order valence-electron chi connectivity index (χ3n) is 4.71. The van der Waals surface area contributed by atoms with Crippen LogP contribution in [0.2, 0.25) is 0 Å². The van der Waals surface area contributed by atoms with Crippen LogP contribution in [-0.4, -0.2) is 58.1 Å². The van der Waals surface area contributed by atoms with Gasteiger partial charge in [-0.15, -0.1) is 0 Å². The molecule has 4 rings (SSSR count). The fraction of sp³-hybridized carbons (Fsp3) is 0.400. The number of hydrogen-bond donors (Lipinski definition) is 1. The Morgan fingerprint density at radius 3 is 2.70 bits per heavy atom. The van der Waals surface area contributed by atoms with Gasteiger partial charge in [-0.05, 0) is 18.2 Å². The van der Waals surface area contributed by atoms with Crippen LogP contribution in [0.1, 0.15) is 5.69 Å². The number of rotatable bonds is 8. The largest absolute Gasteiger partial charge is 0.493 e. The molecular weight excluding hydrogens is 416 g/mol. The van der Waals surface area contributed by atoms with Crippen LogP contribution in [0.5, 0.6) is 5.75 Å². The number of aromatic amines is 1. The summed E-state index contributed by atoms with van der Waals surface area (Å²) in [6.07, 6.45) is 1.57. The molecule has 30 heavy (non-hydrogen) atoms. The van der Waals surface area contributed by atoms with Gasteiger partial charge in [-0.3, -0.25) is 9.19 Å². The van der Waals surface area contributed by atoms with E-state index in [0.29, 0.717) is 16.6 Å². The molecule has 10 heteroatoms. The molecule has 1 fully saturated rings. The second kappa shape index (κ2) is 9.15. The van der Waals surface area contributed by atoms with Crippen LogP contribution < -0.4 is 4.74 Å². The van der Waals surface area contributed by atoms with E-state index in [1.807, 2.05) is 24.3 Å². The van der Waals surface area contributed by atoms with Crippen molar-refractivity contribution in [3.8, 4) is 5.75 Å². The summed E-state index contributed by atoms with van der Waals surface area (Å²) in [5, 5.41) is 0.394. The first kappa shape index (κ1) is 20.8. The number of hydrogen-bond acceptors (Lipinski definition) is 6. The molecule has 7 nitrogen and oxygen atoms in total. The standard InChI is InChI=1S/C20H21F2N3O4S/c21-12-20(13-22)28-9-14(10-29-20)8-27-16-5-6-23-15(7-16)11-30(26)19-24-17-3-1-2-4-18(17)25-19/h1-7,14H,8-13H2,(H,24,25). The summed E-state index contributed by atoms with van der Waals surface area (Å²) in [7, 11) is -1.39. The highest BCUT2D eigenvalue weighted by atomic mass is 32.2. The van der Waals surface area contributed by atoms with E-state index in [-0.39, 0.29) is 31.5 Å². The average Bonchev–Trinajstić information content (AvgIpc) is 3.23. The number of fused-ring (bicyclic) bond motifs is 1. The average molecular weight is 437 g/mol. The molecule has 2 aromatic heterocycles. The van der Waals surface area contributed by atoms with Crippen molar-refractivity contribution in [1.29, 1.82) is 0 Å². The van der Waals surface area contributed by atoms with Gasteiger partial charge in [-0.25, -0.2) is 13.8 Å². The SMILES string of the molecule is O=S(Cc1cc(OCC2COC(CF)(CF)OC2)ccn1)c1nc2ccccc2[nH]1. The van der Waals surface area contributed by atoms with Crippen LogP contribution in [0.4, 0.5) is 8.78 Å². The van der Waals surface area contributed by atoms with E-state index in [2.05, 4.69) is 15.0 Å². The minimum absolute atomic E-state index is 0.141. The Labute approximate surface area is 174 Å². The monoisotopic (exact) mass is 437 g/mol. The molecule has 0 aliphatic carbocycles. The van der Waals surface area contributed by atoms with Crippen molar-refractivity contribution in [2.75, 3.05) is 33.2 Å². The summed E-state index contributed by atoms with van der Waals surface area (Å²) >= 11 is 0. The molecule has 1 atom stereocenters. The quantitative estimate of drug-likeness (QED) is 0.583. The molecule has 3 heterocycles. The van der Waals surface area contributed by atoms with Crippen molar-refractivity contribution in [2.45, 2.75) is 16.7 Å². The van der Waals surface area contributed by atoms with Gasteiger partial charge in [0.05, 0.1) is 53.1 Å². The lowest BCUT2D eigenvalue weighted by atomic mass is 10.1. The summed E-state index contributed by atoms with van der Waals surface area (Å²) in [5.41, 5.74) is 2.18. The lowest BCUT2D eigenvalue weighted by Crippen LogP contribution is -2.48. The highest BCUT2D eigenvalue weighted by Gasteiger charge is 2.38. The summed E-state index contributed by atoms with van der Waals surface area (Å²) in [5.74, 6) is -1.20. The number of nitrogens with zero attached hydrogens (tertiary/aromatic N) is 2. The van der Waals surface area contributed by atoms with Gasteiger partial charge in [0, 0.05) is 18.2 Å². The molecule has 1 aliphatic rings. The number of ether oxygens (including phenoxy) is 3. The van der Waals surface area contributed by atoms with Crippen molar-refractivity contribution < 1.29 is 27.2 Å². The van der Waals surface area contributed by atoms with E-state index in [9.17, 15) is 13.0 Å². The molecule has 3 aromatic rings. The van der Waals surface area contributed by atoms with E-state index in [1.165, 1.54) is 0 Å². The Morgan fingerprint density at radius 2 is 1.97 bits per heavy atom. The van der Waals surface area contributed by atoms with Gasteiger partial charge in [-0.1, -0.05) is 12.1 Å². The van der Waals surface area contributed by atoms with Crippen molar-refractivity contribution >= 4 is 21.8 Å². The third-order valence-corrected chi connectivity index (χ3v) is 5.89. The van der Waals surface area contributed by atoms with E-state index in [0.717, 1.165) is 11.0 Å².